The highest BCUT2D eigenvalue weighted by Gasteiger charge is 2.75. The molecule has 0 saturated carbocycles. The highest BCUT2D eigenvalue weighted by molar-refractivity contribution is 6.00. The number of carbonyl (C=O) groups is 3. The smallest absolute Gasteiger partial charge is 0.249 e. The summed E-state index contributed by atoms with van der Waals surface area (Å²) in [5.74, 6) is -2.06. The summed E-state index contributed by atoms with van der Waals surface area (Å²) in [7, 11) is 0. The lowest BCUT2D eigenvalue weighted by Gasteiger charge is -2.40. The van der Waals surface area contributed by atoms with E-state index in [0.717, 1.165) is 19.3 Å². The van der Waals surface area contributed by atoms with Crippen LogP contribution in [0, 0.1) is 11.8 Å². The van der Waals surface area contributed by atoms with Crippen molar-refractivity contribution in [1.82, 2.24) is 14.7 Å². The van der Waals surface area contributed by atoms with E-state index in [0.29, 0.717) is 32.6 Å². The molecule has 0 radical (unpaired) electrons. The third-order valence-corrected chi connectivity index (χ3v) is 8.06. The summed E-state index contributed by atoms with van der Waals surface area (Å²) in [6.45, 7) is 9.69. The standard InChI is InChI=1S/C26H39N3O5/c1-5-8-14-28-16-10-12-26-20(23(32)29(18(4)17-30)21(26)24(28)33)19-22(31)27(13-6-2)15-9-11-25(19,7-3)34-26/h9-12,18-21,30H,5-8,13-17H2,1-4H3/t18-,19-,20+,21?,25+,26+/m1/s1. The van der Waals surface area contributed by atoms with Crippen molar-refractivity contribution in [1.29, 1.82) is 0 Å². The Kier molecular flexibility index (Phi) is 6.93. The van der Waals surface area contributed by atoms with E-state index in [2.05, 4.69) is 6.92 Å². The van der Waals surface area contributed by atoms with Crippen LogP contribution in [-0.4, -0.2) is 93.6 Å². The molecule has 6 atom stereocenters. The molecule has 1 unspecified atom stereocenters. The zero-order valence-electron chi connectivity index (χ0n) is 20.9. The molecule has 1 N–H and O–H groups in total. The van der Waals surface area contributed by atoms with Crippen LogP contribution in [0.3, 0.4) is 0 Å². The van der Waals surface area contributed by atoms with Crippen LogP contribution in [0.1, 0.15) is 53.4 Å². The van der Waals surface area contributed by atoms with Gasteiger partial charge in [-0.25, -0.2) is 0 Å². The van der Waals surface area contributed by atoms with Crippen molar-refractivity contribution in [3.63, 3.8) is 0 Å². The van der Waals surface area contributed by atoms with E-state index < -0.39 is 35.1 Å². The fraction of sp³-hybridized carbons (Fsp3) is 0.731. The Balaban J connectivity index is 1.87. The quantitative estimate of drug-likeness (QED) is 0.543. The lowest BCUT2D eigenvalue weighted by molar-refractivity contribution is -0.156. The maximum atomic E-state index is 14.1. The molecule has 188 valence electrons. The molecule has 0 bridgehead atoms. The van der Waals surface area contributed by atoms with Gasteiger partial charge in [0.25, 0.3) is 0 Å². The summed E-state index contributed by atoms with van der Waals surface area (Å²) in [6, 6.07) is -1.47. The van der Waals surface area contributed by atoms with E-state index >= 15 is 0 Å². The molecule has 0 aromatic carbocycles. The number of aliphatic hydroxyl groups is 1. The number of nitrogens with zero attached hydrogens (tertiary/aromatic N) is 3. The molecule has 8 nitrogen and oxygen atoms in total. The molecular weight excluding hydrogens is 434 g/mol. The number of ether oxygens (including phenoxy) is 1. The third kappa shape index (κ3) is 3.52. The molecule has 8 heteroatoms. The molecule has 2 fully saturated rings. The second-order valence-electron chi connectivity index (χ2n) is 10.1. The van der Waals surface area contributed by atoms with Gasteiger partial charge in [-0.05, 0) is 26.2 Å². The highest BCUT2D eigenvalue weighted by atomic mass is 16.5. The number of unbranched alkanes of at least 4 members (excludes halogenated alkanes) is 1. The van der Waals surface area contributed by atoms with Gasteiger partial charge < -0.3 is 24.5 Å². The molecule has 4 rings (SSSR count). The van der Waals surface area contributed by atoms with Crippen molar-refractivity contribution in [2.75, 3.05) is 32.8 Å². The van der Waals surface area contributed by atoms with Crippen molar-refractivity contribution in [2.24, 2.45) is 11.8 Å². The number of fused-ring (bicyclic) bond motifs is 2. The number of amides is 3. The van der Waals surface area contributed by atoms with E-state index in [1.165, 1.54) is 4.90 Å². The lowest BCUT2D eigenvalue weighted by atomic mass is 9.73. The Labute approximate surface area is 202 Å². The third-order valence-electron chi connectivity index (χ3n) is 8.06. The van der Waals surface area contributed by atoms with Gasteiger partial charge in [0.15, 0.2) is 0 Å². The van der Waals surface area contributed by atoms with E-state index in [1.54, 1.807) is 16.7 Å². The Bertz CT molecular complexity index is 888. The maximum absolute atomic E-state index is 14.1. The fourth-order valence-corrected chi connectivity index (χ4v) is 6.38. The minimum Gasteiger partial charge on any atom is -0.394 e. The molecule has 1 spiro atoms. The van der Waals surface area contributed by atoms with Crippen LogP contribution in [0.15, 0.2) is 24.3 Å². The molecule has 0 aromatic rings. The Morgan fingerprint density at radius 2 is 1.65 bits per heavy atom. The van der Waals surface area contributed by atoms with Gasteiger partial charge in [0.2, 0.25) is 17.7 Å². The molecular formula is C26H39N3O5. The minimum absolute atomic E-state index is 0.0888. The predicted octanol–water partition coefficient (Wildman–Crippen LogP) is 1.74. The lowest BCUT2D eigenvalue weighted by Crippen LogP contribution is -2.58. The number of likely N-dealkylation sites (tertiary alicyclic amines) is 1. The first-order chi connectivity index (χ1) is 16.3. The van der Waals surface area contributed by atoms with Crippen LogP contribution < -0.4 is 0 Å². The van der Waals surface area contributed by atoms with Crippen LogP contribution >= 0.6 is 0 Å². The van der Waals surface area contributed by atoms with Crippen LogP contribution in [-0.2, 0) is 19.1 Å². The SMILES string of the molecule is CCCCN1CC=C[C@]23O[C@@]4(CC)C=CCN(CCC)C(=O)[C@H]4[C@H]2C(=O)N([C@H](C)CO)C3C1=O. The van der Waals surface area contributed by atoms with Crippen molar-refractivity contribution < 1.29 is 24.2 Å². The number of rotatable bonds is 8. The summed E-state index contributed by atoms with van der Waals surface area (Å²) in [5.41, 5.74) is -2.19. The first kappa shape index (κ1) is 24.9. The first-order valence-electron chi connectivity index (χ1n) is 12.9. The molecule has 4 aliphatic rings. The van der Waals surface area contributed by atoms with Crippen LogP contribution in [0.2, 0.25) is 0 Å². The minimum atomic E-state index is -1.24. The largest absolute Gasteiger partial charge is 0.394 e. The van der Waals surface area contributed by atoms with Gasteiger partial charge in [0.1, 0.15) is 11.6 Å². The molecule has 4 aliphatic heterocycles. The molecule has 0 aliphatic carbocycles. The van der Waals surface area contributed by atoms with Gasteiger partial charge >= 0.3 is 0 Å². The average molecular weight is 474 g/mol. The number of hydrogen-bond acceptors (Lipinski definition) is 5. The highest BCUT2D eigenvalue weighted by Crippen LogP contribution is 2.58. The zero-order chi connectivity index (χ0) is 24.7. The van der Waals surface area contributed by atoms with Crippen LogP contribution in [0.4, 0.5) is 0 Å². The van der Waals surface area contributed by atoms with Crippen molar-refractivity contribution in [3.05, 3.63) is 24.3 Å². The summed E-state index contributed by atoms with van der Waals surface area (Å²) in [4.78, 5) is 47.1. The summed E-state index contributed by atoms with van der Waals surface area (Å²) >= 11 is 0. The van der Waals surface area contributed by atoms with Crippen LogP contribution in [0.25, 0.3) is 0 Å². The predicted molar refractivity (Wildman–Crippen MR) is 128 cm³/mol. The van der Waals surface area contributed by atoms with E-state index in [4.69, 9.17) is 4.74 Å². The van der Waals surface area contributed by atoms with Crippen molar-refractivity contribution in [3.8, 4) is 0 Å². The van der Waals surface area contributed by atoms with Gasteiger partial charge in [0.05, 0.1) is 30.1 Å². The normalized spacial score (nSPS) is 35.9. The summed E-state index contributed by atoms with van der Waals surface area (Å²) in [5, 5.41) is 10.0. The molecule has 4 heterocycles. The second-order valence-corrected chi connectivity index (χ2v) is 10.1. The Morgan fingerprint density at radius 3 is 2.26 bits per heavy atom. The molecule has 0 aromatic heterocycles. The Hall–Kier alpha value is -2.19. The van der Waals surface area contributed by atoms with Gasteiger partial charge in [-0.1, -0.05) is 51.5 Å². The van der Waals surface area contributed by atoms with Crippen LogP contribution in [0.5, 0.6) is 0 Å². The average Bonchev–Trinajstić information content (AvgIpc) is 3.14. The van der Waals surface area contributed by atoms with Crippen molar-refractivity contribution in [2.45, 2.75) is 76.7 Å². The van der Waals surface area contributed by atoms with E-state index in [9.17, 15) is 19.5 Å². The topological polar surface area (TPSA) is 90.4 Å². The fourth-order valence-electron chi connectivity index (χ4n) is 6.38. The number of hydrogen-bond donors (Lipinski definition) is 1. The number of aliphatic hydroxyl groups excluding tert-OH is 1. The molecule has 34 heavy (non-hydrogen) atoms. The zero-order valence-corrected chi connectivity index (χ0v) is 20.9. The van der Waals surface area contributed by atoms with Crippen molar-refractivity contribution >= 4 is 17.7 Å². The van der Waals surface area contributed by atoms with E-state index in [-0.39, 0.29) is 24.3 Å². The number of carbonyl (C=O) groups excluding carboxylic acids is 3. The first-order valence-corrected chi connectivity index (χ1v) is 12.9. The molecule has 2 saturated heterocycles. The van der Waals surface area contributed by atoms with Gasteiger partial charge in [-0.15, -0.1) is 0 Å². The maximum Gasteiger partial charge on any atom is 0.249 e. The second kappa shape index (κ2) is 9.46. The monoisotopic (exact) mass is 473 g/mol. The van der Waals surface area contributed by atoms with Gasteiger partial charge in [-0.2, -0.15) is 0 Å². The van der Waals surface area contributed by atoms with Gasteiger partial charge in [-0.3, -0.25) is 14.4 Å². The van der Waals surface area contributed by atoms with Gasteiger partial charge in [0, 0.05) is 26.2 Å². The summed E-state index contributed by atoms with van der Waals surface area (Å²) < 4.78 is 6.88. The van der Waals surface area contributed by atoms with E-state index in [1.807, 2.05) is 38.2 Å². The Morgan fingerprint density at radius 1 is 0.971 bits per heavy atom. The molecule has 3 amide bonds. The summed E-state index contributed by atoms with van der Waals surface area (Å²) in [6.07, 6.45) is 10.9.